The Morgan fingerprint density at radius 1 is 0.871 bits per heavy atom. The number of carboxylic acids is 2. The summed E-state index contributed by atoms with van der Waals surface area (Å²) < 4.78 is 18.2. The van der Waals surface area contributed by atoms with Crippen molar-refractivity contribution in [1.29, 1.82) is 0 Å². The number of anilines is 1. The lowest BCUT2D eigenvalue weighted by molar-refractivity contribution is -0.938. The van der Waals surface area contributed by atoms with E-state index in [4.69, 9.17) is 24.4 Å². The number of phenolic OH excluding ortho intramolecular Hbond substituents is 1. The van der Waals surface area contributed by atoms with E-state index in [-0.39, 0.29) is 46.5 Å². The lowest BCUT2D eigenvalue weighted by Gasteiger charge is -2.45. The molecule has 0 spiro atoms. The van der Waals surface area contributed by atoms with Gasteiger partial charge in [0.2, 0.25) is 6.41 Å². The average Bonchev–Trinajstić information content (AvgIpc) is 4.03. The number of quaternary nitrogens is 1. The van der Waals surface area contributed by atoms with Crippen LogP contribution in [-0.4, -0.2) is 113 Å². The van der Waals surface area contributed by atoms with E-state index >= 15 is 0 Å². The fraction of sp³-hybridized carbons (Fsp3) is 0.362. The molecule has 332 valence electrons. The number of piperidine rings is 1. The van der Waals surface area contributed by atoms with Crippen LogP contribution in [0.1, 0.15) is 55.0 Å². The Hall–Kier alpha value is -5.58. The van der Waals surface area contributed by atoms with Gasteiger partial charge in [-0.25, -0.2) is 9.59 Å². The van der Waals surface area contributed by atoms with E-state index in [0.29, 0.717) is 55.0 Å². The lowest BCUT2D eigenvalue weighted by atomic mass is 9.76. The molecule has 15 heteroatoms. The van der Waals surface area contributed by atoms with E-state index in [1.54, 1.807) is 19.2 Å². The van der Waals surface area contributed by atoms with Crippen LogP contribution in [0.5, 0.6) is 11.5 Å². The van der Waals surface area contributed by atoms with Gasteiger partial charge in [0.25, 0.3) is 0 Å². The van der Waals surface area contributed by atoms with Crippen LogP contribution >= 0.6 is 0 Å². The first kappa shape index (κ1) is 49.1. The van der Waals surface area contributed by atoms with Crippen molar-refractivity contribution in [2.75, 3.05) is 33.1 Å². The highest BCUT2D eigenvalue weighted by atomic mass is 79.9. The number of morpholine rings is 1. The summed E-state index contributed by atoms with van der Waals surface area (Å²) in [5, 5.41) is 41.3. The molecule has 0 aliphatic carbocycles. The number of epoxide rings is 1. The summed E-state index contributed by atoms with van der Waals surface area (Å²) >= 11 is 0. The van der Waals surface area contributed by atoms with Gasteiger partial charge in [-0.15, -0.1) is 0 Å². The fourth-order valence-electron chi connectivity index (χ4n) is 8.22. The molecule has 0 radical (unpaired) electrons. The molecule has 6 atom stereocenters. The summed E-state index contributed by atoms with van der Waals surface area (Å²) in [7, 11) is 6.22. The first-order valence-corrected chi connectivity index (χ1v) is 20.1. The van der Waals surface area contributed by atoms with Crippen LogP contribution in [0.4, 0.5) is 5.69 Å². The number of aromatic hydroxyl groups is 1. The van der Waals surface area contributed by atoms with Crippen molar-refractivity contribution in [3.63, 3.8) is 0 Å². The van der Waals surface area contributed by atoms with Gasteiger partial charge in [-0.1, -0.05) is 78.9 Å². The number of phenols is 1. The molecule has 4 aromatic carbocycles. The maximum absolute atomic E-state index is 13.6. The third kappa shape index (κ3) is 12.3. The van der Waals surface area contributed by atoms with Gasteiger partial charge < -0.3 is 66.7 Å². The molecule has 2 unspecified atom stereocenters. The Morgan fingerprint density at radius 2 is 1.40 bits per heavy atom. The molecule has 3 aliphatic rings. The number of halogens is 1. The zero-order chi connectivity index (χ0) is 44.3. The van der Waals surface area contributed by atoms with Gasteiger partial charge in [0, 0.05) is 37.6 Å². The van der Waals surface area contributed by atoms with Crippen molar-refractivity contribution >= 4 is 30.0 Å². The molecule has 3 saturated heterocycles. The van der Waals surface area contributed by atoms with Crippen molar-refractivity contribution < 1.29 is 75.3 Å². The van der Waals surface area contributed by atoms with Crippen molar-refractivity contribution in [1.82, 2.24) is 5.32 Å². The second kappa shape index (κ2) is 22.0. The predicted octanol–water partition coefficient (Wildman–Crippen LogP) is 2.23. The zero-order valence-electron chi connectivity index (χ0n) is 35.4. The topological polar surface area (TPSA) is 204 Å². The largest absolute Gasteiger partial charge is 1.00 e. The normalized spacial score (nSPS) is 21.2. The van der Waals surface area contributed by atoms with Crippen molar-refractivity contribution in [2.24, 2.45) is 0 Å². The fourth-order valence-corrected chi connectivity index (χ4v) is 8.22. The average molecular weight is 919 g/mol. The molecular formula is C47H56BrN3O11. The summed E-state index contributed by atoms with van der Waals surface area (Å²) in [6.07, 6.45) is 4.14. The number of aliphatic carboxylic acids is 2. The molecular weight excluding hydrogens is 862 g/mol. The first-order chi connectivity index (χ1) is 29.1. The number of ether oxygens (including phenoxy) is 3. The second-order valence-electron chi connectivity index (χ2n) is 16.1. The molecule has 2 bridgehead atoms. The molecule has 3 heterocycles. The Kier molecular flexibility index (Phi) is 17.4. The summed E-state index contributed by atoms with van der Waals surface area (Å²) in [6.45, 7) is 4.40. The molecule has 0 saturated carbocycles. The molecule has 7 rings (SSSR count). The third-order valence-electron chi connectivity index (χ3n) is 11.8. The number of esters is 1. The lowest BCUT2D eigenvalue weighted by Crippen LogP contribution is -3.00. The Morgan fingerprint density at radius 3 is 1.89 bits per heavy atom. The number of aliphatic hydroxyl groups excluding tert-OH is 1. The molecule has 14 nitrogen and oxygen atoms in total. The van der Waals surface area contributed by atoms with Gasteiger partial charge in [0.1, 0.15) is 47.3 Å². The van der Waals surface area contributed by atoms with Gasteiger partial charge in [-0.2, -0.15) is 0 Å². The number of likely N-dealkylation sites (N-methyl/N-ethyl adjacent to an activating group) is 1. The first-order valence-electron chi connectivity index (χ1n) is 20.1. The highest BCUT2D eigenvalue weighted by Crippen LogP contribution is 2.52. The van der Waals surface area contributed by atoms with Crippen LogP contribution in [0.3, 0.4) is 0 Å². The van der Waals surface area contributed by atoms with E-state index in [0.717, 1.165) is 40.6 Å². The van der Waals surface area contributed by atoms with Crippen molar-refractivity contribution in [2.45, 2.75) is 81.1 Å². The van der Waals surface area contributed by atoms with Crippen LogP contribution in [0.25, 0.3) is 0 Å². The summed E-state index contributed by atoms with van der Waals surface area (Å²) in [5.74, 6) is -1.88. The summed E-state index contributed by atoms with van der Waals surface area (Å²) in [5.41, 5.74) is 3.18. The minimum atomic E-state index is -1.26. The standard InChI is InChI=1S/C24H28NO3.C19H24N2O4.C4H4O4.BrH/c1-24(16-10-6-4-7-11-16,17-12-8-5-9-13-17)23(26)27-18-14-19-21-22(28-21)20(15-18)25(19,2)3;1-13(9-14-3-6-16(25-2)7-4-14)20-11-19(24)15-5-8-18(23)17(10-15)21-12-22;5-3(6)1-2-4(7)8;/h4-13,18-22H,14-15H2,1-3H3;3-8,10,12-13,19-20,23-24H,9,11H2,1-2H3,(H,21,22);1-2H,(H,5,6)(H,7,8);1H/q+1;;;/p-1/b;;2-1+;/t18?,19?,20?,21-,22-;13-,19+;;/m01../s1. The maximum atomic E-state index is 13.6. The highest BCUT2D eigenvalue weighted by molar-refractivity contribution is 5.89. The number of carbonyl (C=O) groups is 4. The molecule has 6 N–H and O–H groups in total. The molecule has 3 fully saturated rings. The molecule has 1 amide bonds. The number of carboxylic acid groups (broad SMARTS) is 2. The van der Waals surface area contributed by atoms with Gasteiger partial charge in [0.05, 0.1) is 33.0 Å². The second-order valence-corrected chi connectivity index (χ2v) is 16.1. The van der Waals surface area contributed by atoms with Gasteiger partial charge >= 0.3 is 17.9 Å². The predicted molar refractivity (Wildman–Crippen MR) is 228 cm³/mol. The van der Waals surface area contributed by atoms with E-state index in [1.165, 1.54) is 11.6 Å². The smallest absolute Gasteiger partial charge is 0.328 e. The number of hydrogen-bond donors (Lipinski definition) is 6. The number of nitrogens with zero attached hydrogens (tertiary/aromatic N) is 1. The highest BCUT2D eigenvalue weighted by Gasteiger charge is 2.71. The molecule has 0 aromatic heterocycles. The number of amides is 1. The minimum Gasteiger partial charge on any atom is -1.00 e. The number of nitrogens with one attached hydrogen (secondary N) is 2. The van der Waals surface area contributed by atoms with Crippen LogP contribution in [0.15, 0.2) is 115 Å². The number of rotatable bonds is 15. The minimum absolute atomic E-state index is 0. The molecule has 3 aliphatic heterocycles. The number of methoxy groups -OCH3 is 1. The molecule has 4 aromatic rings. The Bertz CT molecular complexity index is 2060. The summed E-state index contributed by atoms with van der Waals surface area (Å²) in [4.78, 5) is 43.2. The Balaban J connectivity index is 0.000000231. The van der Waals surface area contributed by atoms with E-state index in [9.17, 15) is 29.4 Å². The number of fused-ring (bicyclic) bond motifs is 5. The van der Waals surface area contributed by atoms with Crippen LogP contribution < -0.4 is 32.4 Å². The number of hydrogen-bond acceptors (Lipinski definition) is 10. The quantitative estimate of drug-likeness (QED) is 0.0254. The molecule has 62 heavy (non-hydrogen) atoms. The number of benzene rings is 4. The number of carbonyl (C=O) groups excluding carboxylic acids is 2. The van der Waals surface area contributed by atoms with Crippen LogP contribution in [0.2, 0.25) is 0 Å². The van der Waals surface area contributed by atoms with Gasteiger partial charge in [-0.3, -0.25) is 9.59 Å². The third-order valence-corrected chi connectivity index (χ3v) is 11.8. The van der Waals surface area contributed by atoms with Crippen LogP contribution in [0, 0.1) is 0 Å². The zero-order valence-corrected chi connectivity index (χ0v) is 37.0. The number of aliphatic hydroxyl groups is 1. The van der Waals surface area contributed by atoms with Crippen LogP contribution in [-0.2, 0) is 40.5 Å². The van der Waals surface area contributed by atoms with E-state index in [1.807, 2.05) is 98.8 Å². The van der Waals surface area contributed by atoms with Crippen molar-refractivity contribution in [3.05, 3.63) is 138 Å². The maximum Gasteiger partial charge on any atom is 0.328 e. The van der Waals surface area contributed by atoms with E-state index < -0.39 is 23.5 Å². The SMILES string of the molecule is CC(C(=O)OC1CC2[C@@H]3O[C@H]3C(C1)[N+]2(C)C)(c1ccccc1)c1ccccc1.COc1ccc(C[C@@H](C)NC[C@H](O)c2ccc(O)c(NC=O)c2)cc1.O=C(O)/C=C/C(=O)O.[Br-]. The van der Waals surface area contributed by atoms with Crippen molar-refractivity contribution in [3.8, 4) is 11.5 Å². The van der Waals surface area contributed by atoms with Gasteiger partial charge in [-0.05, 0) is 66.8 Å². The Labute approximate surface area is 372 Å². The van der Waals surface area contributed by atoms with Gasteiger partial charge in [0.15, 0.2) is 0 Å². The monoisotopic (exact) mass is 917 g/mol. The van der Waals surface area contributed by atoms with E-state index in [2.05, 4.69) is 24.7 Å². The summed E-state index contributed by atoms with van der Waals surface area (Å²) in [6, 6.07) is 33.5.